The summed E-state index contributed by atoms with van der Waals surface area (Å²) in [6, 6.07) is 5.70. The molecule has 19 heavy (non-hydrogen) atoms. The lowest BCUT2D eigenvalue weighted by Crippen LogP contribution is -2.41. The minimum absolute atomic E-state index is 0.487. The summed E-state index contributed by atoms with van der Waals surface area (Å²) < 4.78 is 0. The van der Waals surface area contributed by atoms with E-state index in [2.05, 4.69) is 41.3 Å². The third kappa shape index (κ3) is 3.15. The van der Waals surface area contributed by atoms with Crippen LogP contribution in [0.25, 0.3) is 0 Å². The third-order valence-electron chi connectivity index (χ3n) is 4.49. The van der Waals surface area contributed by atoms with Crippen LogP contribution in [-0.2, 0) is 0 Å². The fraction of sp³-hybridized carbons (Fsp3) is 0.688. The highest BCUT2D eigenvalue weighted by molar-refractivity contribution is 5.16. The summed E-state index contributed by atoms with van der Waals surface area (Å²) >= 11 is 0. The highest BCUT2D eigenvalue weighted by Gasteiger charge is 2.32. The maximum Gasteiger partial charge on any atom is 0.0578 e. The van der Waals surface area contributed by atoms with Gasteiger partial charge in [0.15, 0.2) is 0 Å². The first-order chi connectivity index (χ1) is 9.24. The zero-order chi connectivity index (χ0) is 13.2. The summed E-state index contributed by atoms with van der Waals surface area (Å²) in [4.78, 5) is 7.16. The molecule has 3 nitrogen and oxygen atoms in total. The molecule has 0 radical (unpaired) electrons. The van der Waals surface area contributed by atoms with E-state index >= 15 is 0 Å². The first-order valence-electron chi connectivity index (χ1n) is 7.60. The fourth-order valence-corrected chi connectivity index (χ4v) is 3.20. The van der Waals surface area contributed by atoms with E-state index in [0.29, 0.717) is 12.0 Å². The molecule has 0 amide bonds. The highest BCUT2D eigenvalue weighted by atomic mass is 15.2. The van der Waals surface area contributed by atoms with Gasteiger partial charge in [-0.3, -0.25) is 9.88 Å². The Labute approximate surface area is 116 Å². The molecular formula is C16H25N3. The predicted octanol–water partition coefficient (Wildman–Crippen LogP) is 2.52. The first kappa shape index (κ1) is 13.1. The molecule has 0 aromatic carbocycles. The van der Waals surface area contributed by atoms with Gasteiger partial charge in [-0.25, -0.2) is 0 Å². The molecule has 2 atom stereocenters. The van der Waals surface area contributed by atoms with Gasteiger partial charge in [0.05, 0.1) is 11.7 Å². The Morgan fingerprint density at radius 3 is 2.84 bits per heavy atom. The lowest BCUT2D eigenvalue weighted by atomic mass is 9.87. The Hall–Kier alpha value is -0.930. The molecule has 1 N–H and O–H groups in total. The average Bonchev–Trinajstić information content (AvgIpc) is 3.22. The van der Waals surface area contributed by atoms with Crippen LogP contribution in [0.2, 0.25) is 0 Å². The van der Waals surface area contributed by atoms with Crippen molar-refractivity contribution in [3.05, 3.63) is 29.6 Å². The molecule has 1 aliphatic carbocycles. The van der Waals surface area contributed by atoms with Crippen molar-refractivity contribution >= 4 is 0 Å². The van der Waals surface area contributed by atoms with Crippen molar-refractivity contribution in [1.82, 2.24) is 15.2 Å². The molecule has 0 spiro atoms. The van der Waals surface area contributed by atoms with Crippen LogP contribution >= 0.6 is 0 Å². The Morgan fingerprint density at radius 1 is 1.32 bits per heavy atom. The lowest BCUT2D eigenvalue weighted by Gasteiger charge is -2.39. The van der Waals surface area contributed by atoms with Gasteiger partial charge in [-0.15, -0.1) is 0 Å². The van der Waals surface area contributed by atoms with Crippen molar-refractivity contribution in [2.75, 3.05) is 20.1 Å². The van der Waals surface area contributed by atoms with E-state index in [1.807, 2.05) is 6.20 Å². The monoisotopic (exact) mass is 259 g/mol. The topological polar surface area (TPSA) is 28.2 Å². The van der Waals surface area contributed by atoms with E-state index in [0.717, 1.165) is 12.6 Å². The Bertz CT molecular complexity index is 411. The predicted molar refractivity (Wildman–Crippen MR) is 78.1 cm³/mol. The number of hydrogen-bond donors (Lipinski definition) is 1. The number of likely N-dealkylation sites (tertiary alicyclic amines) is 1. The molecule has 1 saturated carbocycles. The average molecular weight is 259 g/mol. The number of piperidine rings is 1. The van der Waals surface area contributed by atoms with Crippen molar-refractivity contribution in [1.29, 1.82) is 0 Å². The molecule has 2 heterocycles. The number of pyridine rings is 1. The standard InChI is InChI=1S/C16H25N3/c1-12-5-8-15(18-10-12)16-13(4-3-9-19(16)2)11-17-14-6-7-14/h5,8,10,13-14,16-17H,3-4,6-7,9,11H2,1-2H3. The molecule has 1 saturated heterocycles. The Balaban J connectivity index is 1.73. The first-order valence-corrected chi connectivity index (χ1v) is 7.60. The summed E-state index contributed by atoms with van der Waals surface area (Å²) in [5.74, 6) is 0.703. The molecule has 3 rings (SSSR count). The molecule has 0 bridgehead atoms. The second-order valence-electron chi connectivity index (χ2n) is 6.27. The second-order valence-corrected chi connectivity index (χ2v) is 6.27. The highest BCUT2D eigenvalue weighted by Crippen LogP contribution is 2.34. The van der Waals surface area contributed by atoms with Gasteiger partial charge >= 0.3 is 0 Å². The van der Waals surface area contributed by atoms with Crippen LogP contribution in [0.1, 0.15) is 43.0 Å². The third-order valence-corrected chi connectivity index (χ3v) is 4.49. The van der Waals surface area contributed by atoms with Gasteiger partial charge in [0.2, 0.25) is 0 Å². The van der Waals surface area contributed by atoms with Crippen molar-refractivity contribution < 1.29 is 0 Å². The summed E-state index contributed by atoms with van der Waals surface area (Å²) in [7, 11) is 2.25. The molecule has 2 fully saturated rings. The molecule has 1 aromatic heterocycles. The van der Waals surface area contributed by atoms with Crippen LogP contribution in [-0.4, -0.2) is 36.1 Å². The smallest absolute Gasteiger partial charge is 0.0578 e. The molecule has 3 heteroatoms. The van der Waals surface area contributed by atoms with Crippen LogP contribution in [0.5, 0.6) is 0 Å². The number of rotatable bonds is 4. The van der Waals surface area contributed by atoms with Gasteiger partial charge < -0.3 is 5.32 Å². The number of aryl methyl sites for hydroxylation is 1. The van der Waals surface area contributed by atoms with Crippen molar-refractivity contribution in [2.24, 2.45) is 5.92 Å². The summed E-state index contributed by atoms with van der Waals surface area (Å²) in [6.07, 6.45) is 7.38. The van der Waals surface area contributed by atoms with E-state index in [4.69, 9.17) is 0 Å². The zero-order valence-electron chi connectivity index (χ0n) is 12.1. The van der Waals surface area contributed by atoms with Crippen LogP contribution in [0.4, 0.5) is 0 Å². The zero-order valence-corrected chi connectivity index (χ0v) is 12.1. The maximum absolute atomic E-state index is 4.68. The van der Waals surface area contributed by atoms with E-state index in [-0.39, 0.29) is 0 Å². The van der Waals surface area contributed by atoms with Gasteiger partial charge in [-0.2, -0.15) is 0 Å². The van der Waals surface area contributed by atoms with Crippen molar-refractivity contribution in [3.8, 4) is 0 Å². The van der Waals surface area contributed by atoms with E-state index < -0.39 is 0 Å². The second kappa shape index (κ2) is 5.59. The van der Waals surface area contributed by atoms with Gasteiger partial charge in [0.1, 0.15) is 0 Å². The minimum Gasteiger partial charge on any atom is -0.314 e. The fourth-order valence-electron chi connectivity index (χ4n) is 3.20. The summed E-state index contributed by atoms with van der Waals surface area (Å²) in [5, 5.41) is 3.70. The van der Waals surface area contributed by atoms with Crippen LogP contribution in [0, 0.1) is 12.8 Å². The maximum atomic E-state index is 4.68. The number of hydrogen-bond acceptors (Lipinski definition) is 3. The van der Waals surface area contributed by atoms with E-state index in [1.54, 1.807) is 0 Å². The Morgan fingerprint density at radius 2 is 2.16 bits per heavy atom. The van der Waals surface area contributed by atoms with Gasteiger partial charge in [0.25, 0.3) is 0 Å². The lowest BCUT2D eigenvalue weighted by molar-refractivity contribution is 0.116. The van der Waals surface area contributed by atoms with Crippen LogP contribution in [0.3, 0.4) is 0 Å². The number of nitrogens with one attached hydrogen (secondary N) is 1. The largest absolute Gasteiger partial charge is 0.314 e. The van der Waals surface area contributed by atoms with Crippen LogP contribution < -0.4 is 5.32 Å². The number of nitrogens with zero attached hydrogens (tertiary/aromatic N) is 2. The van der Waals surface area contributed by atoms with Crippen molar-refractivity contribution in [2.45, 2.75) is 44.7 Å². The number of aromatic nitrogens is 1. The van der Waals surface area contributed by atoms with Crippen LogP contribution in [0.15, 0.2) is 18.3 Å². The SMILES string of the molecule is Cc1ccc(C2C(CNC3CC3)CCCN2C)nc1. The van der Waals surface area contributed by atoms with Crippen molar-refractivity contribution in [3.63, 3.8) is 0 Å². The molecule has 1 aromatic rings. The summed E-state index contributed by atoms with van der Waals surface area (Å²) in [6.45, 7) is 4.45. The minimum atomic E-state index is 0.487. The van der Waals surface area contributed by atoms with E-state index in [1.165, 1.54) is 43.5 Å². The molecule has 2 unspecified atom stereocenters. The molecular weight excluding hydrogens is 234 g/mol. The molecule has 2 aliphatic rings. The molecule has 104 valence electrons. The summed E-state index contributed by atoms with van der Waals surface area (Å²) in [5.41, 5.74) is 2.49. The van der Waals surface area contributed by atoms with Gasteiger partial charge in [-0.1, -0.05) is 6.07 Å². The normalized spacial score (nSPS) is 28.5. The van der Waals surface area contributed by atoms with E-state index in [9.17, 15) is 0 Å². The van der Waals surface area contributed by atoms with Gasteiger partial charge in [-0.05, 0) is 63.7 Å². The molecule has 1 aliphatic heterocycles. The quantitative estimate of drug-likeness (QED) is 0.900. The van der Waals surface area contributed by atoms with Gasteiger partial charge in [0, 0.05) is 18.8 Å². The Kier molecular flexibility index (Phi) is 3.85.